The molecule has 0 saturated heterocycles. The lowest BCUT2D eigenvalue weighted by Gasteiger charge is -2.24. The molecule has 0 aliphatic heterocycles. The van der Waals surface area contributed by atoms with E-state index in [1.165, 1.54) is 5.56 Å². The SMILES string of the molecule is CC(CC(N)=S)N(C)CCc1ccccc1. The summed E-state index contributed by atoms with van der Waals surface area (Å²) in [6.07, 6.45) is 1.86. The van der Waals surface area contributed by atoms with E-state index in [9.17, 15) is 0 Å². The van der Waals surface area contributed by atoms with E-state index < -0.39 is 0 Å². The summed E-state index contributed by atoms with van der Waals surface area (Å²) in [5, 5.41) is 0. The molecule has 1 aromatic carbocycles. The highest BCUT2D eigenvalue weighted by molar-refractivity contribution is 7.80. The second-order valence-electron chi connectivity index (χ2n) is 4.24. The Labute approximate surface area is 103 Å². The lowest BCUT2D eigenvalue weighted by molar-refractivity contribution is 0.267. The van der Waals surface area contributed by atoms with Crippen molar-refractivity contribution in [3.8, 4) is 0 Å². The van der Waals surface area contributed by atoms with Gasteiger partial charge in [0.2, 0.25) is 0 Å². The number of thiocarbonyl (C=S) groups is 1. The van der Waals surface area contributed by atoms with Crippen molar-refractivity contribution in [2.75, 3.05) is 13.6 Å². The zero-order valence-corrected chi connectivity index (χ0v) is 10.8. The van der Waals surface area contributed by atoms with E-state index in [-0.39, 0.29) is 0 Å². The molecule has 1 aromatic rings. The molecule has 0 aliphatic rings. The third-order valence-corrected chi connectivity index (χ3v) is 3.01. The van der Waals surface area contributed by atoms with Crippen molar-refractivity contribution in [3.05, 3.63) is 35.9 Å². The first-order chi connectivity index (χ1) is 7.59. The number of hydrogen-bond donors (Lipinski definition) is 1. The van der Waals surface area contributed by atoms with Gasteiger partial charge in [0.05, 0.1) is 4.99 Å². The molecule has 0 aromatic heterocycles. The molecule has 0 bridgehead atoms. The fourth-order valence-corrected chi connectivity index (χ4v) is 1.86. The second kappa shape index (κ2) is 6.61. The van der Waals surface area contributed by atoms with E-state index >= 15 is 0 Å². The standard InChI is InChI=1S/C13H20N2S/c1-11(10-13(14)16)15(2)9-8-12-6-4-3-5-7-12/h3-7,11H,8-10H2,1-2H3,(H2,14,16). The Morgan fingerprint density at radius 1 is 1.38 bits per heavy atom. The molecule has 0 fully saturated rings. The van der Waals surface area contributed by atoms with Gasteiger partial charge in [-0.1, -0.05) is 42.5 Å². The van der Waals surface area contributed by atoms with E-state index in [0.717, 1.165) is 19.4 Å². The van der Waals surface area contributed by atoms with Crippen LogP contribution in [0.15, 0.2) is 30.3 Å². The number of nitrogens with two attached hydrogens (primary N) is 1. The third kappa shape index (κ3) is 4.73. The summed E-state index contributed by atoms with van der Waals surface area (Å²) < 4.78 is 0. The molecule has 1 unspecified atom stereocenters. The molecular weight excluding hydrogens is 216 g/mol. The summed E-state index contributed by atoms with van der Waals surface area (Å²) in [6, 6.07) is 10.9. The number of likely N-dealkylation sites (N-methyl/N-ethyl adjacent to an activating group) is 1. The number of nitrogens with zero attached hydrogens (tertiary/aromatic N) is 1. The topological polar surface area (TPSA) is 29.3 Å². The average Bonchev–Trinajstić information content (AvgIpc) is 2.26. The Kier molecular flexibility index (Phi) is 5.43. The number of hydrogen-bond acceptors (Lipinski definition) is 2. The Morgan fingerprint density at radius 2 is 2.00 bits per heavy atom. The van der Waals surface area contributed by atoms with E-state index in [1.54, 1.807) is 0 Å². The Morgan fingerprint density at radius 3 is 2.56 bits per heavy atom. The highest BCUT2D eigenvalue weighted by Crippen LogP contribution is 2.05. The van der Waals surface area contributed by atoms with Crippen LogP contribution in [0.1, 0.15) is 18.9 Å². The summed E-state index contributed by atoms with van der Waals surface area (Å²) in [4.78, 5) is 2.89. The predicted molar refractivity (Wildman–Crippen MR) is 73.6 cm³/mol. The van der Waals surface area contributed by atoms with Crippen molar-refractivity contribution < 1.29 is 0 Å². The van der Waals surface area contributed by atoms with Crippen LogP contribution in [-0.2, 0) is 6.42 Å². The van der Waals surface area contributed by atoms with Crippen molar-refractivity contribution in [2.45, 2.75) is 25.8 Å². The van der Waals surface area contributed by atoms with Gasteiger partial charge in [-0.05, 0) is 26.0 Å². The highest BCUT2D eigenvalue weighted by Gasteiger charge is 2.09. The monoisotopic (exact) mass is 236 g/mol. The maximum absolute atomic E-state index is 5.54. The molecule has 0 amide bonds. The van der Waals surface area contributed by atoms with Gasteiger partial charge in [-0.15, -0.1) is 0 Å². The minimum Gasteiger partial charge on any atom is -0.393 e. The molecule has 0 spiro atoms. The first-order valence-electron chi connectivity index (χ1n) is 5.62. The average molecular weight is 236 g/mol. The van der Waals surface area contributed by atoms with E-state index in [1.807, 2.05) is 6.07 Å². The Balaban J connectivity index is 2.35. The largest absolute Gasteiger partial charge is 0.393 e. The van der Waals surface area contributed by atoms with Crippen molar-refractivity contribution in [1.29, 1.82) is 0 Å². The van der Waals surface area contributed by atoms with Crippen LogP contribution in [0.4, 0.5) is 0 Å². The molecule has 0 saturated carbocycles. The second-order valence-corrected chi connectivity index (χ2v) is 4.76. The van der Waals surface area contributed by atoms with Crippen LogP contribution < -0.4 is 5.73 Å². The number of rotatable bonds is 6. The zero-order valence-electron chi connectivity index (χ0n) is 10.0. The normalized spacial score (nSPS) is 12.7. The van der Waals surface area contributed by atoms with Crippen LogP contribution in [0.2, 0.25) is 0 Å². The summed E-state index contributed by atoms with van der Waals surface area (Å²) >= 11 is 4.92. The minimum absolute atomic E-state index is 0.418. The molecule has 16 heavy (non-hydrogen) atoms. The van der Waals surface area contributed by atoms with Gasteiger partial charge in [-0.2, -0.15) is 0 Å². The molecule has 2 nitrogen and oxygen atoms in total. The van der Waals surface area contributed by atoms with E-state index in [0.29, 0.717) is 11.0 Å². The van der Waals surface area contributed by atoms with Crippen molar-refractivity contribution in [3.63, 3.8) is 0 Å². The van der Waals surface area contributed by atoms with Gasteiger partial charge in [-0.3, -0.25) is 0 Å². The lowest BCUT2D eigenvalue weighted by Crippen LogP contribution is -2.34. The third-order valence-electron chi connectivity index (χ3n) is 2.85. The van der Waals surface area contributed by atoms with Gasteiger partial charge >= 0.3 is 0 Å². The molecule has 1 rings (SSSR count). The van der Waals surface area contributed by atoms with Gasteiger partial charge in [0.1, 0.15) is 0 Å². The van der Waals surface area contributed by atoms with Gasteiger partial charge < -0.3 is 10.6 Å². The van der Waals surface area contributed by atoms with Crippen LogP contribution in [0.3, 0.4) is 0 Å². The predicted octanol–water partition coefficient (Wildman–Crippen LogP) is 2.23. The molecule has 2 N–H and O–H groups in total. The van der Waals surface area contributed by atoms with E-state index in [4.69, 9.17) is 18.0 Å². The smallest absolute Gasteiger partial charge is 0.0742 e. The molecule has 0 aliphatic carbocycles. The summed E-state index contributed by atoms with van der Waals surface area (Å²) in [5.41, 5.74) is 6.92. The maximum atomic E-state index is 5.54. The Bertz CT molecular complexity index is 324. The minimum atomic E-state index is 0.418. The zero-order chi connectivity index (χ0) is 12.0. The van der Waals surface area contributed by atoms with Crippen LogP contribution in [0.5, 0.6) is 0 Å². The molecule has 0 radical (unpaired) electrons. The van der Waals surface area contributed by atoms with Crippen molar-refractivity contribution in [2.24, 2.45) is 5.73 Å². The van der Waals surface area contributed by atoms with Gasteiger partial charge in [0, 0.05) is 19.0 Å². The molecular formula is C13H20N2S. The maximum Gasteiger partial charge on any atom is 0.0742 e. The van der Waals surface area contributed by atoms with Crippen molar-refractivity contribution in [1.82, 2.24) is 4.90 Å². The lowest BCUT2D eigenvalue weighted by atomic mass is 10.1. The summed E-state index contributed by atoms with van der Waals surface area (Å²) in [5.74, 6) is 0. The fourth-order valence-electron chi connectivity index (χ4n) is 1.62. The highest BCUT2D eigenvalue weighted by atomic mass is 32.1. The van der Waals surface area contributed by atoms with Gasteiger partial charge in [-0.25, -0.2) is 0 Å². The molecule has 1 atom stereocenters. The van der Waals surface area contributed by atoms with Crippen LogP contribution >= 0.6 is 12.2 Å². The van der Waals surface area contributed by atoms with Gasteiger partial charge in [0.15, 0.2) is 0 Å². The van der Waals surface area contributed by atoms with Crippen LogP contribution in [0.25, 0.3) is 0 Å². The van der Waals surface area contributed by atoms with Crippen molar-refractivity contribution >= 4 is 17.2 Å². The van der Waals surface area contributed by atoms with Crippen LogP contribution in [-0.4, -0.2) is 29.5 Å². The quantitative estimate of drug-likeness (QED) is 0.768. The first kappa shape index (κ1) is 13.1. The Hall–Kier alpha value is -0.930. The van der Waals surface area contributed by atoms with Crippen LogP contribution in [0, 0.1) is 0 Å². The summed E-state index contributed by atoms with van der Waals surface area (Å²) in [7, 11) is 2.12. The molecule has 0 heterocycles. The number of benzene rings is 1. The van der Waals surface area contributed by atoms with E-state index in [2.05, 4.69) is 43.1 Å². The fraction of sp³-hybridized carbons (Fsp3) is 0.462. The first-order valence-corrected chi connectivity index (χ1v) is 6.03. The van der Waals surface area contributed by atoms with Gasteiger partial charge in [0.25, 0.3) is 0 Å². The molecule has 88 valence electrons. The molecule has 3 heteroatoms. The summed E-state index contributed by atoms with van der Waals surface area (Å²) in [6.45, 7) is 3.19.